The number of nitrogens with zero attached hydrogens (tertiary/aromatic N) is 2. The van der Waals surface area contributed by atoms with E-state index in [2.05, 4.69) is 15.2 Å². The molecule has 0 saturated carbocycles. The fourth-order valence-electron chi connectivity index (χ4n) is 1.71. The molecular weight excluding hydrogens is 237 g/mol. The number of nitrogens with one attached hydrogen (secondary N) is 1. The van der Waals surface area contributed by atoms with Gasteiger partial charge in [0.1, 0.15) is 11.3 Å². The molecule has 3 rings (SSSR count). The molecule has 1 N–H and O–H groups in total. The third-order valence-corrected chi connectivity index (χ3v) is 2.56. The predicted molar refractivity (Wildman–Crippen MR) is 61.6 cm³/mol. The molecule has 0 bridgehead atoms. The SMILES string of the molecule is O=c1[nH]ncc2nc(Cc3ccccc3F)oc12. The number of H-pyrrole nitrogens is 1. The number of aromatic amines is 1. The summed E-state index contributed by atoms with van der Waals surface area (Å²) < 4.78 is 18.8. The zero-order valence-corrected chi connectivity index (χ0v) is 9.18. The molecule has 0 amide bonds. The molecule has 0 radical (unpaired) electrons. The maximum Gasteiger partial charge on any atom is 0.309 e. The highest BCUT2D eigenvalue weighted by Crippen LogP contribution is 2.15. The number of hydrogen-bond donors (Lipinski definition) is 1. The highest BCUT2D eigenvalue weighted by molar-refractivity contribution is 5.69. The summed E-state index contributed by atoms with van der Waals surface area (Å²) in [6.07, 6.45) is 1.59. The van der Waals surface area contributed by atoms with Gasteiger partial charge in [-0.2, -0.15) is 5.10 Å². The van der Waals surface area contributed by atoms with Gasteiger partial charge in [-0.05, 0) is 11.6 Å². The van der Waals surface area contributed by atoms with Crippen molar-refractivity contribution in [2.24, 2.45) is 0 Å². The Hall–Kier alpha value is -2.50. The first-order valence-corrected chi connectivity index (χ1v) is 5.30. The van der Waals surface area contributed by atoms with Crippen LogP contribution in [-0.2, 0) is 6.42 Å². The van der Waals surface area contributed by atoms with Crippen LogP contribution in [0.3, 0.4) is 0 Å². The molecule has 2 aromatic heterocycles. The van der Waals surface area contributed by atoms with Crippen LogP contribution in [0.2, 0.25) is 0 Å². The third kappa shape index (κ3) is 1.77. The molecule has 0 fully saturated rings. The van der Waals surface area contributed by atoms with Crippen LogP contribution in [0.4, 0.5) is 4.39 Å². The van der Waals surface area contributed by atoms with Crippen molar-refractivity contribution in [1.29, 1.82) is 0 Å². The molecule has 0 aliphatic carbocycles. The van der Waals surface area contributed by atoms with Gasteiger partial charge in [0.15, 0.2) is 5.89 Å². The van der Waals surface area contributed by atoms with E-state index < -0.39 is 5.56 Å². The number of fused-ring (bicyclic) bond motifs is 1. The van der Waals surface area contributed by atoms with Gasteiger partial charge in [-0.25, -0.2) is 14.5 Å². The van der Waals surface area contributed by atoms with Crippen molar-refractivity contribution in [2.45, 2.75) is 6.42 Å². The smallest absolute Gasteiger partial charge is 0.309 e. The molecule has 0 aliphatic heterocycles. The van der Waals surface area contributed by atoms with Gasteiger partial charge in [-0.15, -0.1) is 0 Å². The Kier molecular flexibility index (Phi) is 2.40. The molecule has 0 spiro atoms. The van der Waals surface area contributed by atoms with Crippen LogP contribution in [0.25, 0.3) is 11.1 Å². The molecule has 1 aromatic carbocycles. The van der Waals surface area contributed by atoms with Crippen LogP contribution in [0, 0.1) is 5.82 Å². The molecule has 5 nitrogen and oxygen atoms in total. The highest BCUT2D eigenvalue weighted by Gasteiger charge is 2.11. The lowest BCUT2D eigenvalue weighted by molar-refractivity contribution is 0.530. The van der Waals surface area contributed by atoms with Gasteiger partial charge in [-0.3, -0.25) is 4.79 Å². The van der Waals surface area contributed by atoms with Crippen molar-refractivity contribution >= 4 is 11.1 Å². The number of hydrogen-bond acceptors (Lipinski definition) is 4. The standard InChI is InChI=1S/C12H8FN3O2/c13-8-4-2-1-3-7(8)5-10-15-9-6-14-16-12(17)11(9)18-10/h1-4,6H,5H2,(H,16,17). The average molecular weight is 245 g/mol. The van der Waals surface area contributed by atoms with Crippen LogP contribution >= 0.6 is 0 Å². The maximum absolute atomic E-state index is 13.5. The summed E-state index contributed by atoms with van der Waals surface area (Å²) in [5.41, 5.74) is 0.495. The van der Waals surface area contributed by atoms with Crippen LogP contribution in [-0.4, -0.2) is 15.2 Å². The second-order valence-electron chi connectivity index (χ2n) is 3.79. The van der Waals surface area contributed by atoms with Crippen molar-refractivity contribution in [3.8, 4) is 0 Å². The first-order chi connectivity index (χ1) is 8.74. The van der Waals surface area contributed by atoms with E-state index in [1.807, 2.05) is 0 Å². The van der Waals surface area contributed by atoms with Gasteiger partial charge >= 0.3 is 5.56 Å². The minimum atomic E-state index is -0.445. The Morgan fingerprint density at radius 1 is 1.33 bits per heavy atom. The lowest BCUT2D eigenvalue weighted by Gasteiger charge is -1.98. The van der Waals surface area contributed by atoms with E-state index in [-0.39, 0.29) is 23.7 Å². The molecule has 0 aliphatic rings. The van der Waals surface area contributed by atoms with Crippen molar-refractivity contribution in [3.63, 3.8) is 0 Å². The Bertz CT molecular complexity index is 763. The van der Waals surface area contributed by atoms with Crippen molar-refractivity contribution in [1.82, 2.24) is 15.2 Å². The summed E-state index contributed by atoms with van der Waals surface area (Å²) in [5.74, 6) is -0.0413. The largest absolute Gasteiger partial charge is 0.434 e. The number of aromatic nitrogens is 3. The average Bonchev–Trinajstić information content (AvgIpc) is 2.76. The van der Waals surface area contributed by atoms with E-state index >= 15 is 0 Å². The Balaban J connectivity index is 2.04. The second-order valence-corrected chi connectivity index (χ2v) is 3.79. The van der Waals surface area contributed by atoms with Crippen molar-refractivity contribution in [2.75, 3.05) is 0 Å². The summed E-state index contributed by atoms with van der Waals surface area (Å²) in [5, 5.41) is 5.87. The zero-order chi connectivity index (χ0) is 12.5. The first-order valence-electron chi connectivity index (χ1n) is 5.30. The number of oxazole rings is 1. The number of benzene rings is 1. The number of rotatable bonds is 2. The first kappa shape index (κ1) is 10.6. The highest BCUT2D eigenvalue weighted by atomic mass is 19.1. The van der Waals surface area contributed by atoms with Gasteiger partial charge in [0.25, 0.3) is 0 Å². The second kappa shape index (κ2) is 4.06. The Morgan fingerprint density at radius 2 is 2.17 bits per heavy atom. The van der Waals surface area contributed by atoms with E-state index in [1.54, 1.807) is 18.2 Å². The van der Waals surface area contributed by atoms with Gasteiger partial charge in [0.05, 0.1) is 12.6 Å². The van der Waals surface area contributed by atoms with Gasteiger partial charge in [0.2, 0.25) is 5.58 Å². The summed E-state index contributed by atoms with van der Waals surface area (Å²) in [6.45, 7) is 0. The van der Waals surface area contributed by atoms with Gasteiger partial charge in [0, 0.05) is 0 Å². The van der Waals surface area contributed by atoms with Crippen LogP contribution in [0.5, 0.6) is 0 Å². The number of halogens is 1. The molecule has 0 unspecified atom stereocenters. The van der Waals surface area contributed by atoms with E-state index in [1.165, 1.54) is 12.3 Å². The lowest BCUT2D eigenvalue weighted by Crippen LogP contribution is -2.05. The van der Waals surface area contributed by atoms with Crippen LogP contribution in [0.1, 0.15) is 11.5 Å². The van der Waals surface area contributed by atoms with Gasteiger partial charge < -0.3 is 4.42 Å². The van der Waals surface area contributed by atoms with Crippen molar-refractivity contribution in [3.05, 3.63) is 58.1 Å². The molecule has 90 valence electrons. The fraction of sp³-hybridized carbons (Fsp3) is 0.0833. The van der Waals surface area contributed by atoms with E-state index in [0.29, 0.717) is 11.1 Å². The van der Waals surface area contributed by atoms with E-state index in [4.69, 9.17) is 4.42 Å². The third-order valence-electron chi connectivity index (χ3n) is 2.56. The fourth-order valence-corrected chi connectivity index (χ4v) is 1.71. The Labute approximate surface area is 100 Å². The molecule has 3 aromatic rings. The summed E-state index contributed by atoms with van der Waals surface area (Å²) in [6, 6.07) is 6.36. The minimum Gasteiger partial charge on any atom is -0.434 e. The van der Waals surface area contributed by atoms with Gasteiger partial charge in [-0.1, -0.05) is 18.2 Å². The Morgan fingerprint density at radius 3 is 2.94 bits per heavy atom. The zero-order valence-electron chi connectivity index (χ0n) is 9.18. The normalized spacial score (nSPS) is 10.9. The molecule has 0 saturated heterocycles. The topological polar surface area (TPSA) is 71.8 Å². The summed E-state index contributed by atoms with van der Waals surface area (Å²) >= 11 is 0. The van der Waals surface area contributed by atoms with Crippen LogP contribution < -0.4 is 5.56 Å². The minimum absolute atomic E-state index is 0.108. The quantitative estimate of drug-likeness (QED) is 0.745. The summed E-state index contributed by atoms with van der Waals surface area (Å²) in [4.78, 5) is 15.5. The lowest BCUT2D eigenvalue weighted by atomic mass is 10.1. The maximum atomic E-state index is 13.5. The molecule has 18 heavy (non-hydrogen) atoms. The monoisotopic (exact) mass is 245 g/mol. The van der Waals surface area contributed by atoms with E-state index in [0.717, 1.165) is 0 Å². The van der Waals surface area contributed by atoms with E-state index in [9.17, 15) is 9.18 Å². The summed E-state index contributed by atoms with van der Waals surface area (Å²) in [7, 11) is 0. The molecule has 2 heterocycles. The van der Waals surface area contributed by atoms with Crippen LogP contribution in [0.15, 0.2) is 39.7 Å². The van der Waals surface area contributed by atoms with Crippen molar-refractivity contribution < 1.29 is 8.81 Å². The predicted octanol–water partition coefficient (Wildman–Crippen LogP) is 1.64. The molecular formula is C12H8FN3O2. The molecule has 6 heteroatoms. The molecule has 0 atom stereocenters.